The molecule has 0 aromatic heterocycles. The summed E-state index contributed by atoms with van der Waals surface area (Å²) in [6.45, 7) is -0.798. The van der Waals surface area contributed by atoms with Crippen LogP contribution < -0.4 is 5.32 Å². The smallest absolute Gasteiger partial charge is 0.319 e. The van der Waals surface area contributed by atoms with Crippen LogP contribution in [0, 0.1) is 20.2 Å². The molecule has 1 rings (SSSR count). The maximum atomic E-state index is 10.6. The van der Waals surface area contributed by atoms with E-state index in [-0.39, 0.29) is 12.2 Å². The minimum atomic E-state index is -1.17. The van der Waals surface area contributed by atoms with Gasteiger partial charge in [-0.15, -0.1) is 0 Å². The fourth-order valence-electron chi connectivity index (χ4n) is 1.28. The van der Waals surface area contributed by atoms with Crippen molar-refractivity contribution in [1.29, 1.82) is 0 Å². The molecule has 0 fully saturated rings. The Kier molecular flexibility index (Phi) is 4.56. The Bertz CT molecular complexity index is 505. The van der Waals surface area contributed by atoms with Gasteiger partial charge in [0.05, 0.1) is 34.3 Å². The van der Waals surface area contributed by atoms with Gasteiger partial charge in [0.1, 0.15) is 0 Å². The summed E-state index contributed by atoms with van der Waals surface area (Å²) in [7, 11) is 0. The molecular formula is C9H11N3O7. The van der Waals surface area contributed by atoms with Crippen LogP contribution in [0.2, 0.25) is 0 Å². The number of aliphatic hydroxyl groups excluding tert-OH is 2. The third kappa shape index (κ3) is 3.50. The van der Waals surface area contributed by atoms with Gasteiger partial charge in [-0.25, -0.2) is 0 Å². The van der Waals surface area contributed by atoms with Crippen LogP contribution in [0.25, 0.3) is 0 Å². The van der Waals surface area contributed by atoms with Gasteiger partial charge < -0.3 is 20.6 Å². The van der Waals surface area contributed by atoms with E-state index in [4.69, 9.17) is 10.2 Å². The van der Waals surface area contributed by atoms with E-state index in [2.05, 4.69) is 5.32 Å². The fourth-order valence-corrected chi connectivity index (χ4v) is 1.28. The molecule has 0 aliphatic carbocycles. The van der Waals surface area contributed by atoms with E-state index >= 15 is 0 Å². The molecule has 0 bridgehead atoms. The predicted molar refractivity (Wildman–Crippen MR) is 63.0 cm³/mol. The number of phenols is 1. The number of nitrogens with one attached hydrogen (secondary N) is 1. The molecule has 10 heteroatoms. The highest BCUT2D eigenvalue weighted by Crippen LogP contribution is 2.37. The molecule has 0 aliphatic heterocycles. The van der Waals surface area contributed by atoms with Crippen molar-refractivity contribution >= 4 is 17.1 Å². The lowest BCUT2D eigenvalue weighted by Crippen LogP contribution is -2.23. The number of hydrogen-bond donors (Lipinski definition) is 4. The van der Waals surface area contributed by atoms with E-state index in [9.17, 15) is 25.3 Å². The van der Waals surface area contributed by atoms with Crippen molar-refractivity contribution in [3.63, 3.8) is 0 Å². The molecule has 0 amide bonds. The zero-order chi connectivity index (χ0) is 14.6. The molecule has 1 unspecified atom stereocenters. The molecule has 0 saturated carbocycles. The first-order valence-corrected chi connectivity index (χ1v) is 5.05. The van der Waals surface area contributed by atoms with E-state index in [0.29, 0.717) is 6.07 Å². The summed E-state index contributed by atoms with van der Waals surface area (Å²) in [6.07, 6.45) is -1.17. The molecule has 0 heterocycles. The predicted octanol–water partition coefficient (Wildman–Crippen LogP) is -0.0263. The van der Waals surface area contributed by atoms with Crippen LogP contribution >= 0.6 is 0 Å². The van der Waals surface area contributed by atoms with Crippen molar-refractivity contribution < 1.29 is 25.2 Å². The summed E-state index contributed by atoms with van der Waals surface area (Å²) >= 11 is 0. The number of phenolic OH excluding ortho intramolecular Hbond substituents is 1. The lowest BCUT2D eigenvalue weighted by molar-refractivity contribution is -0.394. The van der Waals surface area contributed by atoms with Gasteiger partial charge in [-0.3, -0.25) is 20.2 Å². The van der Waals surface area contributed by atoms with E-state index in [0.717, 1.165) is 6.07 Å². The fraction of sp³-hybridized carbons (Fsp3) is 0.333. The molecule has 1 aromatic carbocycles. The van der Waals surface area contributed by atoms with Gasteiger partial charge in [-0.1, -0.05) is 0 Å². The van der Waals surface area contributed by atoms with Gasteiger partial charge in [0.15, 0.2) is 0 Å². The monoisotopic (exact) mass is 273 g/mol. The van der Waals surface area contributed by atoms with Crippen molar-refractivity contribution in [2.24, 2.45) is 0 Å². The maximum absolute atomic E-state index is 10.6. The van der Waals surface area contributed by atoms with E-state index in [1.165, 1.54) is 0 Å². The van der Waals surface area contributed by atoms with E-state index < -0.39 is 39.7 Å². The number of rotatable bonds is 6. The van der Waals surface area contributed by atoms with Crippen LogP contribution in [0.5, 0.6) is 5.75 Å². The lowest BCUT2D eigenvalue weighted by atomic mass is 10.2. The first kappa shape index (κ1) is 14.6. The SMILES string of the molecule is O=[N+]([O-])c1cc(NCC(O)CO)c(O)c([N+](=O)[O-])c1. The average molecular weight is 273 g/mol. The molecule has 0 saturated heterocycles. The van der Waals surface area contributed by atoms with E-state index in [1.807, 2.05) is 0 Å². The van der Waals surface area contributed by atoms with E-state index in [1.54, 1.807) is 0 Å². The highest BCUT2D eigenvalue weighted by molar-refractivity contribution is 5.70. The van der Waals surface area contributed by atoms with Crippen molar-refractivity contribution in [2.75, 3.05) is 18.5 Å². The molecule has 1 aromatic rings. The van der Waals surface area contributed by atoms with Crippen LogP contribution in [0.4, 0.5) is 17.1 Å². The third-order valence-electron chi connectivity index (χ3n) is 2.22. The van der Waals surface area contributed by atoms with Gasteiger partial charge in [0.2, 0.25) is 5.75 Å². The van der Waals surface area contributed by atoms with Crippen LogP contribution in [-0.4, -0.2) is 44.4 Å². The second kappa shape index (κ2) is 5.93. The van der Waals surface area contributed by atoms with Gasteiger partial charge in [0, 0.05) is 12.6 Å². The number of anilines is 1. The summed E-state index contributed by atoms with van der Waals surface area (Å²) in [5, 5.41) is 50.9. The Balaban J connectivity index is 3.14. The number of nitro groups is 2. The molecule has 0 spiro atoms. The highest BCUT2D eigenvalue weighted by atomic mass is 16.6. The molecule has 0 aliphatic rings. The molecule has 10 nitrogen and oxygen atoms in total. The normalized spacial score (nSPS) is 11.9. The summed E-state index contributed by atoms with van der Waals surface area (Å²) in [5.74, 6) is -0.777. The number of benzene rings is 1. The zero-order valence-electron chi connectivity index (χ0n) is 9.52. The Morgan fingerprint density at radius 3 is 2.37 bits per heavy atom. The minimum absolute atomic E-state index is 0.234. The summed E-state index contributed by atoms with van der Waals surface area (Å²) in [6, 6.07) is 1.52. The Labute approximate surface area is 106 Å². The number of hydrogen-bond acceptors (Lipinski definition) is 8. The van der Waals surface area contributed by atoms with Crippen LogP contribution in [0.15, 0.2) is 12.1 Å². The standard InChI is InChI=1S/C9H11N3O7/c13-4-6(14)3-10-7-1-5(11(16)17)2-8(9(7)15)12(18)19/h1-2,6,10,13-15H,3-4H2. The summed E-state index contributed by atoms with van der Waals surface area (Å²) in [4.78, 5) is 19.5. The first-order valence-electron chi connectivity index (χ1n) is 5.05. The number of nitrogens with zero attached hydrogens (tertiary/aromatic N) is 2. The highest BCUT2D eigenvalue weighted by Gasteiger charge is 2.23. The molecule has 1 atom stereocenters. The van der Waals surface area contributed by atoms with Gasteiger partial charge in [-0.2, -0.15) is 0 Å². The van der Waals surface area contributed by atoms with Crippen molar-refractivity contribution in [1.82, 2.24) is 0 Å². The van der Waals surface area contributed by atoms with Crippen molar-refractivity contribution in [2.45, 2.75) is 6.10 Å². The van der Waals surface area contributed by atoms with Gasteiger partial charge in [-0.05, 0) is 0 Å². The van der Waals surface area contributed by atoms with Crippen molar-refractivity contribution in [3.05, 3.63) is 32.4 Å². The quantitative estimate of drug-likeness (QED) is 0.319. The first-order chi connectivity index (χ1) is 8.86. The number of aliphatic hydroxyl groups is 2. The molecular weight excluding hydrogens is 262 g/mol. The Morgan fingerprint density at radius 1 is 1.26 bits per heavy atom. The average Bonchev–Trinajstić information content (AvgIpc) is 2.36. The van der Waals surface area contributed by atoms with Gasteiger partial charge >= 0.3 is 5.69 Å². The van der Waals surface area contributed by atoms with Crippen LogP contribution in [0.3, 0.4) is 0 Å². The molecule has 19 heavy (non-hydrogen) atoms. The lowest BCUT2D eigenvalue weighted by Gasteiger charge is -2.11. The number of nitro benzene ring substituents is 2. The molecule has 4 N–H and O–H groups in total. The largest absolute Gasteiger partial charge is 0.501 e. The van der Waals surface area contributed by atoms with Crippen LogP contribution in [0.1, 0.15) is 0 Å². The zero-order valence-corrected chi connectivity index (χ0v) is 9.52. The van der Waals surface area contributed by atoms with Gasteiger partial charge in [0.25, 0.3) is 5.69 Å². The van der Waals surface area contributed by atoms with Crippen molar-refractivity contribution in [3.8, 4) is 5.75 Å². The summed E-state index contributed by atoms with van der Waals surface area (Å²) < 4.78 is 0. The Hall–Kier alpha value is -2.46. The molecule has 104 valence electrons. The number of aromatic hydroxyl groups is 1. The topological polar surface area (TPSA) is 159 Å². The number of non-ortho nitro benzene ring substituents is 1. The second-order valence-corrected chi connectivity index (χ2v) is 3.59. The Morgan fingerprint density at radius 2 is 1.89 bits per heavy atom. The van der Waals surface area contributed by atoms with Crippen LogP contribution in [-0.2, 0) is 0 Å². The summed E-state index contributed by atoms with van der Waals surface area (Å²) in [5.41, 5.74) is -1.67. The third-order valence-corrected chi connectivity index (χ3v) is 2.22. The molecule has 0 radical (unpaired) electrons. The maximum Gasteiger partial charge on any atom is 0.319 e. The second-order valence-electron chi connectivity index (χ2n) is 3.59. The minimum Gasteiger partial charge on any atom is -0.501 e.